The van der Waals surface area contributed by atoms with E-state index in [1.807, 2.05) is 6.07 Å². The average Bonchev–Trinajstić information content (AvgIpc) is 2.98. The summed E-state index contributed by atoms with van der Waals surface area (Å²) >= 11 is 1.55. The number of fused-ring (bicyclic) bond motifs is 1. The van der Waals surface area contributed by atoms with Crippen LogP contribution in [0.3, 0.4) is 0 Å². The van der Waals surface area contributed by atoms with Crippen LogP contribution in [0.5, 0.6) is 0 Å². The zero-order valence-corrected chi connectivity index (χ0v) is 14.1. The highest BCUT2D eigenvalue weighted by atomic mass is 32.1. The first kappa shape index (κ1) is 16.4. The molecule has 1 amide bonds. The molecule has 2 N–H and O–H groups in total. The summed E-state index contributed by atoms with van der Waals surface area (Å²) in [6.07, 6.45) is 4.77. The first-order chi connectivity index (χ1) is 11.5. The van der Waals surface area contributed by atoms with E-state index in [1.165, 1.54) is 35.2 Å². The van der Waals surface area contributed by atoms with E-state index in [1.54, 1.807) is 23.5 Å². The van der Waals surface area contributed by atoms with E-state index in [9.17, 15) is 9.59 Å². The molecule has 0 radical (unpaired) electrons. The summed E-state index contributed by atoms with van der Waals surface area (Å²) in [6, 6.07) is 8.26. The summed E-state index contributed by atoms with van der Waals surface area (Å²) in [5, 5.41) is 12.8. The third-order valence-corrected chi connectivity index (χ3v) is 5.33. The number of thiophene rings is 1. The van der Waals surface area contributed by atoms with Crippen LogP contribution in [0.15, 0.2) is 35.4 Å². The highest BCUT2D eigenvalue weighted by Crippen LogP contribution is 2.32. The van der Waals surface area contributed by atoms with Crippen molar-refractivity contribution in [3.05, 3.63) is 56.8 Å². The van der Waals surface area contributed by atoms with E-state index in [4.69, 9.17) is 5.11 Å². The van der Waals surface area contributed by atoms with Crippen LogP contribution < -0.4 is 5.43 Å². The Morgan fingerprint density at radius 2 is 2.08 bits per heavy atom. The second kappa shape index (κ2) is 6.97. The molecule has 0 aliphatic heterocycles. The molecule has 0 bridgehead atoms. The Hall–Kier alpha value is -2.47. The van der Waals surface area contributed by atoms with Gasteiger partial charge in [-0.15, -0.1) is 11.3 Å². The van der Waals surface area contributed by atoms with Gasteiger partial charge in [0.15, 0.2) is 0 Å². The Morgan fingerprint density at radius 3 is 2.79 bits per heavy atom. The smallest absolute Gasteiger partial charge is 0.335 e. The van der Waals surface area contributed by atoms with Crippen molar-refractivity contribution in [1.29, 1.82) is 0 Å². The van der Waals surface area contributed by atoms with Crippen LogP contribution in [0.1, 0.15) is 49.4 Å². The maximum absolute atomic E-state index is 12.2. The number of nitrogens with one attached hydrogen (secondary N) is 1. The molecule has 2 aromatic rings. The minimum absolute atomic E-state index is 0.208. The summed E-state index contributed by atoms with van der Waals surface area (Å²) in [4.78, 5) is 25.0. The van der Waals surface area contributed by atoms with Gasteiger partial charge in [0.1, 0.15) is 0 Å². The third kappa shape index (κ3) is 3.71. The van der Waals surface area contributed by atoms with E-state index in [0.717, 1.165) is 18.4 Å². The van der Waals surface area contributed by atoms with E-state index in [2.05, 4.69) is 17.5 Å². The zero-order valence-electron chi connectivity index (χ0n) is 13.3. The maximum atomic E-state index is 12.2. The number of carboxylic acid groups (broad SMARTS) is 1. The highest BCUT2D eigenvalue weighted by Gasteiger charge is 2.20. The number of carbonyl (C=O) groups excluding carboxylic acids is 1. The third-order valence-electron chi connectivity index (χ3n) is 4.09. The Kier molecular flexibility index (Phi) is 4.76. The van der Waals surface area contributed by atoms with E-state index < -0.39 is 5.97 Å². The quantitative estimate of drug-likeness (QED) is 0.661. The number of benzene rings is 1. The Balaban J connectivity index is 1.62. The first-order valence-electron chi connectivity index (χ1n) is 7.81. The van der Waals surface area contributed by atoms with Gasteiger partial charge in [-0.05, 0) is 54.5 Å². The van der Waals surface area contributed by atoms with Gasteiger partial charge in [0.05, 0.1) is 16.7 Å². The Bertz CT molecular complexity index is 793. The topological polar surface area (TPSA) is 78.8 Å². The second-order valence-electron chi connectivity index (χ2n) is 6.03. The van der Waals surface area contributed by atoms with Crippen molar-refractivity contribution in [2.45, 2.75) is 26.2 Å². The molecule has 1 aromatic heterocycles. The van der Waals surface area contributed by atoms with E-state index >= 15 is 0 Å². The zero-order chi connectivity index (χ0) is 17.1. The van der Waals surface area contributed by atoms with Crippen molar-refractivity contribution in [1.82, 2.24) is 5.43 Å². The van der Waals surface area contributed by atoms with Crippen molar-refractivity contribution < 1.29 is 14.7 Å². The number of aryl methyl sites for hydroxylation is 1. The van der Waals surface area contributed by atoms with Crippen LogP contribution in [-0.4, -0.2) is 23.2 Å². The van der Waals surface area contributed by atoms with Crippen LogP contribution in [0.2, 0.25) is 0 Å². The van der Waals surface area contributed by atoms with E-state index in [0.29, 0.717) is 10.8 Å². The van der Waals surface area contributed by atoms with Crippen LogP contribution in [-0.2, 0) is 12.8 Å². The van der Waals surface area contributed by atoms with Gasteiger partial charge in [-0.2, -0.15) is 5.10 Å². The maximum Gasteiger partial charge on any atom is 0.335 e. The van der Waals surface area contributed by atoms with Crippen molar-refractivity contribution in [3.8, 4) is 0 Å². The van der Waals surface area contributed by atoms with Gasteiger partial charge >= 0.3 is 5.97 Å². The number of aromatic carboxylic acids is 1. The lowest BCUT2D eigenvalue weighted by Gasteiger charge is -2.16. The lowest BCUT2D eigenvalue weighted by atomic mass is 9.90. The molecule has 1 aliphatic rings. The molecule has 0 spiro atoms. The lowest BCUT2D eigenvalue weighted by Crippen LogP contribution is -2.16. The van der Waals surface area contributed by atoms with Crippen molar-refractivity contribution in [3.63, 3.8) is 0 Å². The average molecular weight is 342 g/mol. The molecule has 24 heavy (non-hydrogen) atoms. The number of hydrazone groups is 1. The van der Waals surface area contributed by atoms with Gasteiger partial charge in [-0.1, -0.05) is 19.1 Å². The summed E-state index contributed by atoms with van der Waals surface area (Å²) in [7, 11) is 0. The predicted molar refractivity (Wildman–Crippen MR) is 94.0 cm³/mol. The molecule has 1 aliphatic carbocycles. The molecule has 1 aromatic carbocycles. The lowest BCUT2D eigenvalue weighted by molar-refractivity contribution is 0.0696. The fourth-order valence-corrected chi connectivity index (χ4v) is 3.85. The number of hydrogen-bond acceptors (Lipinski definition) is 4. The number of rotatable bonds is 4. The van der Waals surface area contributed by atoms with Gasteiger partial charge in [-0.3, -0.25) is 4.79 Å². The fraction of sp³-hybridized carbons (Fsp3) is 0.278. The Labute approximate surface area is 144 Å². The molecular weight excluding hydrogens is 324 g/mol. The van der Waals surface area contributed by atoms with Crippen LogP contribution in [0.4, 0.5) is 0 Å². The van der Waals surface area contributed by atoms with Crippen molar-refractivity contribution >= 4 is 29.4 Å². The molecule has 0 unspecified atom stereocenters. The number of nitrogens with zero attached hydrogens (tertiary/aromatic N) is 1. The monoisotopic (exact) mass is 342 g/mol. The van der Waals surface area contributed by atoms with Crippen LogP contribution >= 0.6 is 11.3 Å². The largest absolute Gasteiger partial charge is 0.478 e. The summed E-state index contributed by atoms with van der Waals surface area (Å²) < 4.78 is 0. The Morgan fingerprint density at radius 1 is 1.33 bits per heavy atom. The standard InChI is InChI=1S/C18H18N2O3S/c1-11-2-7-15-14(8-11)9-16(24-15)17(21)20-19-10-12-3-5-13(6-4-12)18(22)23/h3-6,9-11H,2,7-8H2,1H3,(H,20,21)(H,22,23)/b19-10-/t11-/m1/s1. The predicted octanol–water partition coefficient (Wildman–Crippen LogP) is 3.34. The summed E-state index contributed by atoms with van der Waals surface area (Å²) in [5.74, 6) is -0.502. The number of carbonyl (C=O) groups is 2. The number of carboxylic acids is 1. The van der Waals surface area contributed by atoms with Gasteiger partial charge in [0.2, 0.25) is 0 Å². The van der Waals surface area contributed by atoms with Crippen molar-refractivity contribution in [2.24, 2.45) is 11.0 Å². The normalized spacial score (nSPS) is 16.8. The first-order valence-corrected chi connectivity index (χ1v) is 8.63. The van der Waals surface area contributed by atoms with Crippen LogP contribution in [0.25, 0.3) is 0 Å². The highest BCUT2D eigenvalue weighted by molar-refractivity contribution is 7.14. The van der Waals surface area contributed by atoms with Gasteiger partial charge in [-0.25, -0.2) is 10.2 Å². The fourth-order valence-electron chi connectivity index (χ4n) is 2.75. The van der Waals surface area contributed by atoms with Gasteiger partial charge in [0.25, 0.3) is 5.91 Å². The van der Waals surface area contributed by atoms with Crippen LogP contribution in [0, 0.1) is 5.92 Å². The SMILES string of the molecule is C[C@@H]1CCc2sc(C(=O)N/N=C\c3ccc(C(=O)O)cc3)cc2C1. The molecule has 3 rings (SSSR count). The van der Waals surface area contributed by atoms with Gasteiger partial charge < -0.3 is 5.11 Å². The molecule has 0 fully saturated rings. The summed E-state index contributed by atoms with van der Waals surface area (Å²) in [6.45, 7) is 2.24. The molecule has 1 atom stereocenters. The molecule has 0 saturated carbocycles. The van der Waals surface area contributed by atoms with Gasteiger partial charge in [0, 0.05) is 4.88 Å². The molecule has 5 nitrogen and oxygen atoms in total. The number of amides is 1. The molecule has 0 saturated heterocycles. The molecule has 1 heterocycles. The molecule has 6 heteroatoms. The molecule has 124 valence electrons. The van der Waals surface area contributed by atoms with Crippen molar-refractivity contribution in [2.75, 3.05) is 0 Å². The second-order valence-corrected chi connectivity index (χ2v) is 7.17. The molecular formula is C18H18N2O3S. The number of hydrogen-bond donors (Lipinski definition) is 2. The van der Waals surface area contributed by atoms with E-state index in [-0.39, 0.29) is 11.5 Å². The summed E-state index contributed by atoms with van der Waals surface area (Å²) in [5.41, 5.74) is 4.76. The minimum atomic E-state index is -0.970. The minimum Gasteiger partial charge on any atom is -0.478 e.